The number of aromatic nitrogens is 2. The lowest BCUT2D eigenvalue weighted by molar-refractivity contribution is 0.320. The molecule has 1 aromatic carbocycles. The van der Waals surface area contributed by atoms with Crippen molar-refractivity contribution in [2.75, 3.05) is 6.61 Å². The van der Waals surface area contributed by atoms with Crippen LogP contribution in [0.25, 0.3) is 10.9 Å². The molecule has 0 aliphatic rings. The lowest BCUT2D eigenvalue weighted by Crippen LogP contribution is -2.22. The van der Waals surface area contributed by atoms with E-state index in [9.17, 15) is 4.79 Å². The molecule has 0 unspecified atom stereocenters. The monoisotopic (exact) mass is 279 g/mol. The van der Waals surface area contributed by atoms with Crippen LogP contribution in [0, 0.1) is 6.92 Å². The van der Waals surface area contributed by atoms with E-state index in [1.165, 1.54) is 4.68 Å². The Morgan fingerprint density at radius 2 is 2.26 bits per heavy atom. The minimum atomic E-state index is -0.260. The minimum absolute atomic E-state index is 0.260. The molecule has 2 aromatic rings. The molecule has 100 valence electrons. The molecule has 0 amide bonds. The van der Waals surface area contributed by atoms with Gasteiger partial charge in [0.25, 0.3) is 5.56 Å². The first-order valence-corrected chi connectivity index (χ1v) is 6.28. The summed E-state index contributed by atoms with van der Waals surface area (Å²) in [5.74, 6) is 0.912. The molecule has 0 aliphatic carbocycles. The van der Waals surface area contributed by atoms with Gasteiger partial charge in [0.1, 0.15) is 5.82 Å². The normalized spacial score (nSPS) is 11.9. The van der Waals surface area contributed by atoms with E-state index in [0.29, 0.717) is 34.3 Å². The van der Waals surface area contributed by atoms with Crippen LogP contribution in [0.3, 0.4) is 0 Å². The van der Waals surface area contributed by atoms with Gasteiger partial charge in [-0.25, -0.2) is 4.98 Å². The van der Waals surface area contributed by atoms with Crippen molar-refractivity contribution in [3.05, 3.63) is 39.4 Å². The predicted molar refractivity (Wildman–Crippen MR) is 75.9 cm³/mol. The summed E-state index contributed by atoms with van der Waals surface area (Å²) in [6.07, 6.45) is 0. The van der Waals surface area contributed by atoms with Crippen molar-refractivity contribution in [2.24, 2.45) is 5.10 Å². The molecule has 0 atom stereocenters. The summed E-state index contributed by atoms with van der Waals surface area (Å²) >= 11 is 5.90. The number of halogens is 1. The summed E-state index contributed by atoms with van der Waals surface area (Å²) < 4.78 is 6.45. The van der Waals surface area contributed by atoms with Gasteiger partial charge in [0, 0.05) is 11.9 Å². The van der Waals surface area contributed by atoms with E-state index in [4.69, 9.17) is 16.3 Å². The van der Waals surface area contributed by atoms with E-state index in [1.54, 1.807) is 32.0 Å². The molecule has 19 heavy (non-hydrogen) atoms. The second-order valence-corrected chi connectivity index (χ2v) is 4.43. The van der Waals surface area contributed by atoms with Crippen LogP contribution in [0.1, 0.15) is 19.7 Å². The third-order valence-corrected chi connectivity index (χ3v) is 2.80. The van der Waals surface area contributed by atoms with Gasteiger partial charge in [0.2, 0.25) is 5.90 Å². The molecule has 0 aliphatic heterocycles. The van der Waals surface area contributed by atoms with Crippen molar-refractivity contribution in [3.8, 4) is 0 Å². The van der Waals surface area contributed by atoms with Crippen LogP contribution >= 0.6 is 11.6 Å². The van der Waals surface area contributed by atoms with Gasteiger partial charge >= 0.3 is 0 Å². The van der Waals surface area contributed by atoms with E-state index in [1.807, 2.05) is 6.92 Å². The number of hydrogen-bond donors (Lipinski definition) is 0. The maximum atomic E-state index is 12.3. The van der Waals surface area contributed by atoms with Gasteiger partial charge in [0.15, 0.2) is 0 Å². The Kier molecular flexibility index (Phi) is 3.85. The molecule has 1 aromatic heterocycles. The summed E-state index contributed by atoms with van der Waals surface area (Å²) in [7, 11) is 0. The Hall–Kier alpha value is -1.88. The molecule has 0 saturated carbocycles. The van der Waals surface area contributed by atoms with Gasteiger partial charge in [-0.15, -0.1) is 5.10 Å². The summed E-state index contributed by atoms with van der Waals surface area (Å²) in [5.41, 5.74) is 0.344. The molecule has 0 N–H and O–H groups in total. The zero-order valence-corrected chi connectivity index (χ0v) is 11.7. The molecule has 0 fully saturated rings. The van der Waals surface area contributed by atoms with Crippen molar-refractivity contribution in [3.63, 3.8) is 0 Å². The first-order valence-electron chi connectivity index (χ1n) is 5.90. The average Bonchev–Trinajstić information content (AvgIpc) is 2.36. The number of rotatable bonds is 2. The van der Waals surface area contributed by atoms with E-state index >= 15 is 0 Å². The average molecular weight is 280 g/mol. The van der Waals surface area contributed by atoms with Crippen LogP contribution in [0.5, 0.6) is 0 Å². The number of hydrogen-bond acceptors (Lipinski definition) is 4. The summed E-state index contributed by atoms with van der Waals surface area (Å²) in [6, 6.07) is 5.01. The van der Waals surface area contributed by atoms with Gasteiger partial charge in [-0.1, -0.05) is 11.6 Å². The zero-order valence-electron chi connectivity index (χ0n) is 11.0. The molecule has 0 bridgehead atoms. The quantitative estimate of drug-likeness (QED) is 0.627. The van der Waals surface area contributed by atoms with E-state index in [2.05, 4.69) is 10.1 Å². The second kappa shape index (κ2) is 5.40. The second-order valence-electron chi connectivity index (χ2n) is 3.99. The smallest absolute Gasteiger partial charge is 0.282 e. The van der Waals surface area contributed by atoms with Crippen LogP contribution in [0.2, 0.25) is 5.02 Å². The molecule has 5 nitrogen and oxygen atoms in total. The van der Waals surface area contributed by atoms with Gasteiger partial charge < -0.3 is 4.74 Å². The van der Waals surface area contributed by atoms with Crippen molar-refractivity contribution in [2.45, 2.75) is 20.8 Å². The molecule has 0 saturated heterocycles. The number of nitrogens with zero attached hydrogens (tertiary/aromatic N) is 3. The molecule has 0 spiro atoms. The number of ether oxygens (including phenoxy) is 1. The third-order valence-electron chi connectivity index (χ3n) is 2.56. The Balaban J connectivity index is 2.68. The third kappa shape index (κ3) is 2.76. The Labute approximate surface area is 115 Å². The fourth-order valence-electron chi connectivity index (χ4n) is 1.76. The number of fused-ring (bicyclic) bond motifs is 1. The van der Waals surface area contributed by atoms with Crippen LogP contribution in [0.15, 0.2) is 28.1 Å². The summed E-state index contributed by atoms with van der Waals surface area (Å²) in [4.78, 5) is 16.7. The number of benzene rings is 1. The van der Waals surface area contributed by atoms with Gasteiger partial charge in [-0.3, -0.25) is 4.79 Å². The first kappa shape index (κ1) is 13.5. The van der Waals surface area contributed by atoms with Gasteiger partial charge in [-0.2, -0.15) is 4.68 Å². The number of aryl methyl sites for hydroxylation is 1. The Morgan fingerprint density at radius 3 is 2.95 bits per heavy atom. The molecule has 6 heteroatoms. The van der Waals surface area contributed by atoms with Crippen LogP contribution in [-0.2, 0) is 4.74 Å². The molecule has 0 radical (unpaired) electrons. The van der Waals surface area contributed by atoms with E-state index in [-0.39, 0.29) is 5.56 Å². The van der Waals surface area contributed by atoms with Crippen molar-refractivity contribution in [1.82, 2.24) is 9.66 Å². The zero-order chi connectivity index (χ0) is 14.0. The molecular formula is C13H14ClN3O2. The van der Waals surface area contributed by atoms with Crippen molar-refractivity contribution in [1.29, 1.82) is 0 Å². The highest BCUT2D eigenvalue weighted by atomic mass is 35.5. The van der Waals surface area contributed by atoms with Gasteiger partial charge in [-0.05, 0) is 32.0 Å². The highest BCUT2D eigenvalue weighted by Crippen LogP contribution is 2.15. The largest absolute Gasteiger partial charge is 0.480 e. The Bertz CT molecular complexity index is 707. The lowest BCUT2D eigenvalue weighted by Gasteiger charge is -2.07. The van der Waals surface area contributed by atoms with Crippen LogP contribution in [0.4, 0.5) is 0 Å². The molecule has 2 rings (SSSR count). The van der Waals surface area contributed by atoms with E-state index < -0.39 is 0 Å². The first-order chi connectivity index (χ1) is 9.02. The summed E-state index contributed by atoms with van der Waals surface area (Å²) in [5, 5.41) is 5.05. The molecular weight excluding hydrogens is 266 g/mol. The van der Waals surface area contributed by atoms with E-state index in [0.717, 1.165) is 0 Å². The van der Waals surface area contributed by atoms with Crippen molar-refractivity contribution < 1.29 is 4.74 Å². The molecule has 1 heterocycles. The predicted octanol–water partition coefficient (Wildman–Crippen LogP) is 2.58. The maximum absolute atomic E-state index is 12.3. The Morgan fingerprint density at radius 1 is 1.53 bits per heavy atom. The van der Waals surface area contributed by atoms with Gasteiger partial charge in [0.05, 0.1) is 17.5 Å². The fourth-order valence-corrected chi connectivity index (χ4v) is 1.93. The standard InChI is InChI=1S/C13H14ClN3O2/c1-4-19-9(3)16-17-8(2)15-12-6-5-10(14)7-11(12)13(17)18/h5-7H,4H2,1-3H3/b16-9+. The lowest BCUT2D eigenvalue weighted by atomic mass is 10.2. The fraction of sp³-hybridized carbons (Fsp3) is 0.308. The van der Waals surface area contributed by atoms with Crippen LogP contribution in [-0.4, -0.2) is 22.2 Å². The SMILES string of the molecule is CCO/C(C)=N/n1c(C)nc2ccc(Cl)cc2c1=O. The minimum Gasteiger partial charge on any atom is -0.480 e. The maximum Gasteiger partial charge on any atom is 0.282 e. The highest BCUT2D eigenvalue weighted by Gasteiger charge is 2.08. The summed E-state index contributed by atoms with van der Waals surface area (Å²) in [6.45, 7) is 5.76. The highest BCUT2D eigenvalue weighted by molar-refractivity contribution is 6.31. The van der Waals surface area contributed by atoms with Crippen molar-refractivity contribution >= 4 is 28.4 Å². The topological polar surface area (TPSA) is 56.5 Å². The van der Waals surface area contributed by atoms with Crippen LogP contribution < -0.4 is 5.56 Å².